The summed E-state index contributed by atoms with van der Waals surface area (Å²) < 4.78 is 5.34. The SMILES string of the molecule is O=C(CCC1CN(C(=O)C2CCCC2)CC12CCC2)N1CCOCC1. The molecule has 1 atom stereocenters. The van der Waals surface area contributed by atoms with E-state index in [-0.39, 0.29) is 11.8 Å². The van der Waals surface area contributed by atoms with Crippen LogP contribution in [0.15, 0.2) is 0 Å². The molecule has 0 aromatic carbocycles. The minimum atomic E-state index is 0.276. The van der Waals surface area contributed by atoms with Gasteiger partial charge in [-0.1, -0.05) is 19.3 Å². The lowest BCUT2D eigenvalue weighted by Crippen LogP contribution is -2.42. The molecule has 2 saturated carbocycles. The van der Waals surface area contributed by atoms with Gasteiger partial charge in [0.05, 0.1) is 13.2 Å². The van der Waals surface area contributed by atoms with E-state index in [0.717, 1.165) is 45.4 Å². The molecule has 2 saturated heterocycles. The van der Waals surface area contributed by atoms with Crippen LogP contribution in [0.4, 0.5) is 0 Å². The summed E-state index contributed by atoms with van der Waals surface area (Å²) in [5.41, 5.74) is 0.333. The van der Waals surface area contributed by atoms with Crippen LogP contribution in [0.1, 0.15) is 57.8 Å². The third kappa shape index (κ3) is 3.44. The number of likely N-dealkylation sites (tertiary alicyclic amines) is 1. The zero-order valence-corrected chi connectivity index (χ0v) is 15.4. The minimum absolute atomic E-state index is 0.276. The van der Waals surface area contributed by atoms with Gasteiger partial charge in [0.15, 0.2) is 0 Å². The summed E-state index contributed by atoms with van der Waals surface area (Å²) in [6.45, 7) is 4.66. The number of amides is 2. The molecule has 4 aliphatic rings. The smallest absolute Gasteiger partial charge is 0.225 e. The molecule has 4 rings (SSSR count). The predicted octanol–water partition coefficient (Wildman–Crippen LogP) is 2.44. The number of ether oxygens (including phenoxy) is 1. The molecule has 0 radical (unpaired) electrons. The lowest BCUT2D eigenvalue weighted by molar-refractivity contribution is -0.136. The van der Waals surface area contributed by atoms with Crippen LogP contribution in [0.2, 0.25) is 0 Å². The quantitative estimate of drug-likeness (QED) is 0.784. The topological polar surface area (TPSA) is 49.9 Å². The molecule has 4 fully saturated rings. The summed E-state index contributed by atoms with van der Waals surface area (Å²) in [7, 11) is 0. The van der Waals surface area contributed by atoms with E-state index in [9.17, 15) is 9.59 Å². The van der Waals surface area contributed by atoms with Gasteiger partial charge in [-0.3, -0.25) is 9.59 Å². The Morgan fingerprint density at radius 2 is 1.72 bits per heavy atom. The van der Waals surface area contributed by atoms with E-state index >= 15 is 0 Å². The van der Waals surface area contributed by atoms with E-state index in [2.05, 4.69) is 4.90 Å². The first-order valence-corrected chi connectivity index (χ1v) is 10.3. The summed E-state index contributed by atoms with van der Waals surface area (Å²) >= 11 is 0. The molecular weight excluding hydrogens is 316 g/mol. The second-order valence-electron chi connectivity index (χ2n) is 8.64. The maximum Gasteiger partial charge on any atom is 0.225 e. The molecule has 0 N–H and O–H groups in total. The molecule has 5 nitrogen and oxygen atoms in total. The number of hydrogen-bond acceptors (Lipinski definition) is 3. The Bertz CT molecular complexity index is 505. The van der Waals surface area contributed by atoms with Gasteiger partial charge in [0, 0.05) is 38.5 Å². The normalized spacial score (nSPS) is 29.2. The highest BCUT2D eigenvalue weighted by Crippen LogP contribution is 2.53. The molecule has 2 heterocycles. The van der Waals surface area contributed by atoms with Crippen molar-refractivity contribution in [3.63, 3.8) is 0 Å². The Kier molecular flexibility index (Phi) is 5.03. The molecule has 0 bridgehead atoms. The van der Waals surface area contributed by atoms with Gasteiger partial charge in [-0.25, -0.2) is 0 Å². The molecule has 25 heavy (non-hydrogen) atoms. The van der Waals surface area contributed by atoms with Crippen LogP contribution in [-0.4, -0.2) is 61.0 Å². The summed E-state index contributed by atoms with van der Waals surface area (Å²) in [4.78, 5) is 29.4. The van der Waals surface area contributed by atoms with Crippen molar-refractivity contribution < 1.29 is 14.3 Å². The van der Waals surface area contributed by atoms with Crippen molar-refractivity contribution in [3.05, 3.63) is 0 Å². The molecule has 140 valence electrons. The number of morpholine rings is 1. The van der Waals surface area contributed by atoms with Gasteiger partial charge in [-0.2, -0.15) is 0 Å². The van der Waals surface area contributed by atoms with Gasteiger partial charge in [0.1, 0.15) is 0 Å². The first kappa shape index (κ1) is 17.3. The molecule has 2 aliphatic carbocycles. The Hall–Kier alpha value is -1.10. The number of nitrogens with zero attached hydrogens (tertiary/aromatic N) is 2. The van der Waals surface area contributed by atoms with Gasteiger partial charge < -0.3 is 14.5 Å². The number of rotatable bonds is 4. The van der Waals surface area contributed by atoms with Crippen molar-refractivity contribution in [2.24, 2.45) is 17.3 Å². The van der Waals surface area contributed by atoms with Crippen LogP contribution in [0.3, 0.4) is 0 Å². The molecular formula is C20H32N2O3. The van der Waals surface area contributed by atoms with E-state index in [1.807, 2.05) is 4.90 Å². The lowest BCUT2D eigenvalue weighted by atomic mass is 9.62. The third-order valence-electron chi connectivity index (χ3n) is 7.25. The van der Waals surface area contributed by atoms with Crippen LogP contribution < -0.4 is 0 Å². The Balaban J connectivity index is 1.33. The van der Waals surface area contributed by atoms with E-state index in [1.165, 1.54) is 32.1 Å². The van der Waals surface area contributed by atoms with Gasteiger partial charge in [-0.15, -0.1) is 0 Å². The molecule has 1 unspecified atom stereocenters. The summed E-state index contributed by atoms with van der Waals surface area (Å²) in [6, 6.07) is 0. The van der Waals surface area contributed by atoms with Crippen molar-refractivity contribution in [2.75, 3.05) is 39.4 Å². The zero-order chi connectivity index (χ0) is 17.3. The van der Waals surface area contributed by atoms with E-state index in [0.29, 0.717) is 36.9 Å². The average Bonchev–Trinajstić information content (AvgIpc) is 3.27. The maximum absolute atomic E-state index is 12.8. The van der Waals surface area contributed by atoms with E-state index < -0.39 is 0 Å². The van der Waals surface area contributed by atoms with Crippen molar-refractivity contribution in [3.8, 4) is 0 Å². The third-order valence-corrected chi connectivity index (χ3v) is 7.25. The van der Waals surface area contributed by atoms with Crippen molar-refractivity contribution in [1.82, 2.24) is 9.80 Å². The largest absolute Gasteiger partial charge is 0.378 e. The lowest BCUT2D eigenvalue weighted by Gasteiger charge is -2.43. The first-order valence-electron chi connectivity index (χ1n) is 10.3. The van der Waals surface area contributed by atoms with Crippen LogP contribution in [-0.2, 0) is 14.3 Å². The number of carbonyl (C=O) groups excluding carboxylic acids is 2. The fourth-order valence-electron chi connectivity index (χ4n) is 5.50. The van der Waals surface area contributed by atoms with Crippen molar-refractivity contribution in [2.45, 2.75) is 57.8 Å². The summed E-state index contributed by atoms with van der Waals surface area (Å²) in [6.07, 6.45) is 9.97. The number of hydrogen-bond donors (Lipinski definition) is 0. The zero-order valence-electron chi connectivity index (χ0n) is 15.4. The predicted molar refractivity (Wildman–Crippen MR) is 94.9 cm³/mol. The minimum Gasteiger partial charge on any atom is -0.378 e. The van der Waals surface area contributed by atoms with Crippen LogP contribution >= 0.6 is 0 Å². The molecule has 5 heteroatoms. The van der Waals surface area contributed by atoms with Crippen molar-refractivity contribution in [1.29, 1.82) is 0 Å². The number of carbonyl (C=O) groups is 2. The Morgan fingerprint density at radius 1 is 1.00 bits per heavy atom. The van der Waals surface area contributed by atoms with Crippen molar-refractivity contribution >= 4 is 11.8 Å². The highest BCUT2D eigenvalue weighted by atomic mass is 16.5. The average molecular weight is 348 g/mol. The van der Waals surface area contributed by atoms with Gasteiger partial charge in [0.25, 0.3) is 0 Å². The van der Waals surface area contributed by atoms with E-state index in [1.54, 1.807) is 0 Å². The Morgan fingerprint density at radius 3 is 2.36 bits per heavy atom. The molecule has 2 aliphatic heterocycles. The van der Waals surface area contributed by atoms with Crippen LogP contribution in [0, 0.1) is 17.3 Å². The standard InChI is InChI=1S/C20H32N2O3/c23-18(21-10-12-25-13-11-21)7-6-17-14-22(15-20(17)8-3-9-20)19(24)16-4-1-2-5-16/h16-17H,1-15H2. The molecule has 0 aromatic heterocycles. The van der Waals surface area contributed by atoms with Gasteiger partial charge >= 0.3 is 0 Å². The highest BCUT2D eigenvalue weighted by molar-refractivity contribution is 5.79. The first-order chi connectivity index (χ1) is 12.2. The molecule has 2 amide bonds. The highest BCUT2D eigenvalue weighted by Gasteiger charge is 2.51. The monoisotopic (exact) mass is 348 g/mol. The van der Waals surface area contributed by atoms with Crippen LogP contribution in [0.25, 0.3) is 0 Å². The van der Waals surface area contributed by atoms with Gasteiger partial charge in [0.2, 0.25) is 11.8 Å². The molecule has 1 spiro atoms. The fourth-order valence-corrected chi connectivity index (χ4v) is 5.50. The fraction of sp³-hybridized carbons (Fsp3) is 0.900. The van der Waals surface area contributed by atoms with Gasteiger partial charge in [-0.05, 0) is 43.4 Å². The van der Waals surface area contributed by atoms with E-state index in [4.69, 9.17) is 4.74 Å². The van der Waals surface area contributed by atoms with Crippen LogP contribution in [0.5, 0.6) is 0 Å². The summed E-state index contributed by atoms with van der Waals surface area (Å²) in [5, 5.41) is 0. The maximum atomic E-state index is 12.8. The second kappa shape index (κ2) is 7.26. The second-order valence-corrected chi connectivity index (χ2v) is 8.64. The molecule has 0 aromatic rings. The summed E-state index contributed by atoms with van der Waals surface area (Å²) in [5.74, 6) is 1.49. The Labute approximate surface area is 151 Å².